The second-order valence-corrected chi connectivity index (χ2v) is 5.19. The molecule has 4 N–H and O–H groups in total. The third-order valence-electron chi connectivity index (χ3n) is 3.69. The zero-order valence-electron chi connectivity index (χ0n) is 12.5. The summed E-state index contributed by atoms with van der Waals surface area (Å²) in [5, 5.41) is 12.5. The predicted octanol–water partition coefficient (Wildman–Crippen LogP) is 0.224. The van der Waals surface area contributed by atoms with Gasteiger partial charge in [0.25, 0.3) is 0 Å². The van der Waals surface area contributed by atoms with Crippen molar-refractivity contribution in [2.24, 2.45) is 0 Å². The van der Waals surface area contributed by atoms with Crippen LogP contribution in [0.15, 0.2) is 35.8 Å². The summed E-state index contributed by atoms with van der Waals surface area (Å²) in [5.41, 5.74) is 1.41. The lowest BCUT2D eigenvalue weighted by atomic mass is 10.2. The van der Waals surface area contributed by atoms with Gasteiger partial charge >= 0.3 is 5.69 Å². The molecule has 122 valence electrons. The first kappa shape index (κ1) is 14.3. The van der Waals surface area contributed by atoms with E-state index in [1.165, 1.54) is 17.1 Å². The van der Waals surface area contributed by atoms with Gasteiger partial charge in [-0.2, -0.15) is 0 Å². The summed E-state index contributed by atoms with van der Waals surface area (Å²) in [6, 6.07) is 3.05. The van der Waals surface area contributed by atoms with E-state index in [1.54, 1.807) is 18.3 Å². The quantitative estimate of drug-likeness (QED) is 0.412. The van der Waals surface area contributed by atoms with E-state index in [1.807, 2.05) is 0 Å². The maximum Gasteiger partial charge on any atom is 0.332 e. The number of hydrogen-bond acceptors (Lipinski definition) is 7. The van der Waals surface area contributed by atoms with Gasteiger partial charge in [0, 0.05) is 12.8 Å². The first-order chi connectivity index (χ1) is 11.8. The molecule has 0 radical (unpaired) electrons. The Balaban J connectivity index is 1.76. The van der Waals surface area contributed by atoms with Crippen LogP contribution in [0.1, 0.15) is 18.3 Å². The first-order valence-electron chi connectivity index (χ1n) is 7.35. The molecular formula is C14H14N8O2. The lowest BCUT2D eigenvalue weighted by Crippen LogP contribution is -2.24. The molecule has 0 saturated carbocycles. The van der Waals surface area contributed by atoms with E-state index in [9.17, 15) is 9.90 Å². The molecule has 1 atom stereocenters. The topological polar surface area (TPSA) is 137 Å². The van der Waals surface area contributed by atoms with Crippen LogP contribution in [0.3, 0.4) is 0 Å². The third kappa shape index (κ3) is 2.38. The normalized spacial score (nSPS) is 12.7. The zero-order chi connectivity index (χ0) is 16.5. The van der Waals surface area contributed by atoms with Crippen molar-refractivity contribution in [2.45, 2.75) is 12.5 Å². The fourth-order valence-corrected chi connectivity index (χ4v) is 2.56. The van der Waals surface area contributed by atoms with Crippen molar-refractivity contribution in [3.8, 4) is 0 Å². The second-order valence-electron chi connectivity index (χ2n) is 5.19. The summed E-state index contributed by atoms with van der Waals surface area (Å²) in [5.74, 6) is 0.917. The maximum atomic E-state index is 12.1. The predicted molar refractivity (Wildman–Crippen MR) is 85.6 cm³/mol. The molecule has 0 aliphatic heterocycles. The highest BCUT2D eigenvalue weighted by Crippen LogP contribution is 2.22. The number of nitrogens with zero attached hydrogens (tertiary/aromatic N) is 5. The van der Waals surface area contributed by atoms with Crippen LogP contribution in [0.5, 0.6) is 0 Å². The molecule has 10 nitrogen and oxygen atoms in total. The highest BCUT2D eigenvalue weighted by atomic mass is 16.3. The van der Waals surface area contributed by atoms with E-state index in [2.05, 4.69) is 35.2 Å². The van der Waals surface area contributed by atoms with Gasteiger partial charge in [0.15, 0.2) is 11.5 Å². The monoisotopic (exact) mass is 326 g/mol. The smallest absolute Gasteiger partial charge is 0.332 e. The standard InChI is InChI=1S/C14H14N8O2/c23-5-3-8(11-20-9-2-1-4-22(9)14(24)21-11)19-13-10-12(16-6-15-10)17-7-18-13/h1-2,4,6-8,23H,3,5H2,(H,20,21,24)(H2,15,16,17,18,19). The average molecular weight is 326 g/mol. The molecule has 0 aromatic carbocycles. The number of fused-ring (bicyclic) bond motifs is 2. The summed E-state index contributed by atoms with van der Waals surface area (Å²) >= 11 is 0. The van der Waals surface area contributed by atoms with Gasteiger partial charge in [0.1, 0.15) is 23.3 Å². The van der Waals surface area contributed by atoms with Gasteiger partial charge in [0.05, 0.1) is 12.4 Å². The van der Waals surface area contributed by atoms with Gasteiger partial charge in [-0.15, -0.1) is 0 Å². The minimum absolute atomic E-state index is 0.0810. The van der Waals surface area contributed by atoms with Crippen molar-refractivity contribution in [3.05, 3.63) is 47.3 Å². The van der Waals surface area contributed by atoms with Crippen molar-refractivity contribution in [3.63, 3.8) is 0 Å². The van der Waals surface area contributed by atoms with Gasteiger partial charge in [-0.1, -0.05) is 0 Å². The van der Waals surface area contributed by atoms with Gasteiger partial charge in [-0.25, -0.2) is 24.7 Å². The molecule has 0 amide bonds. The van der Waals surface area contributed by atoms with Gasteiger partial charge in [-0.05, 0) is 18.6 Å². The number of aromatic amines is 2. The molecule has 0 saturated heterocycles. The van der Waals surface area contributed by atoms with E-state index < -0.39 is 6.04 Å². The number of aliphatic hydroxyl groups is 1. The molecule has 0 spiro atoms. The van der Waals surface area contributed by atoms with Crippen molar-refractivity contribution >= 4 is 22.6 Å². The Morgan fingerprint density at radius 3 is 3.12 bits per heavy atom. The number of anilines is 1. The fraction of sp³-hybridized carbons (Fsp3) is 0.214. The van der Waals surface area contributed by atoms with Crippen LogP contribution in [-0.4, -0.2) is 46.0 Å². The second kappa shape index (κ2) is 5.74. The number of aromatic nitrogens is 7. The van der Waals surface area contributed by atoms with Crippen molar-refractivity contribution in [2.75, 3.05) is 11.9 Å². The van der Waals surface area contributed by atoms with Crippen molar-refractivity contribution in [1.82, 2.24) is 34.3 Å². The van der Waals surface area contributed by atoms with Gasteiger partial charge in [0.2, 0.25) is 0 Å². The Morgan fingerprint density at radius 2 is 2.25 bits per heavy atom. The molecular weight excluding hydrogens is 312 g/mol. The minimum Gasteiger partial charge on any atom is -0.396 e. The fourth-order valence-electron chi connectivity index (χ4n) is 2.56. The van der Waals surface area contributed by atoms with E-state index >= 15 is 0 Å². The summed E-state index contributed by atoms with van der Waals surface area (Å²) in [6.45, 7) is -0.0810. The number of hydrogen-bond donors (Lipinski definition) is 4. The van der Waals surface area contributed by atoms with Crippen LogP contribution in [0.2, 0.25) is 0 Å². The summed E-state index contributed by atoms with van der Waals surface area (Å²) in [7, 11) is 0. The van der Waals surface area contributed by atoms with Crippen molar-refractivity contribution < 1.29 is 5.11 Å². The number of aliphatic hydroxyl groups excluding tert-OH is 1. The van der Waals surface area contributed by atoms with Gasteiger partial charge < -0.3 is 15.4 Å². The number of nitrogens with one attached hydrogen (secondary N) is 3. The molecule has 0 fully saturated rings. The summed E-state index contributed by atoms with van der Waals surface area (Å²) < 4.78 is 1.41. The Hall–Kier alpha value is -3.27. The maximum absolute atomic E-state index is 12.1. The van der Waals surface area contributed by atoms with Crippen LogP contribution >= 0.6 is 0 Å². The molecule has 4 rings (SSSR count). The van der Waals surface area contributed by atoms with Gasteiger partial charge in [-0.3, -0.25) is 9.38 Å². The lowest BCUT2D eigenvalue weighted by molar-refractivity contribution is 0.278. The number of rotatable bonds is 5. The first-order valence-corrected chi connectivity index (χ1v) is 7.35. The zero-order valence-corrected chi connectivity index (χ0v) is 12.5. The SMILES string of the molecule is O=c1[nH]c(C(CCO)Nc2ncnc3[nH]cnc23)nc2cccn12. The average Bonchev–Trinajstić information content (AvgIpc) is 3.23. The molecule has 4 heterocycles. The Kier molecular flexibility index (Phi) is 3.43. The molecule has 4 aromatic heterocycles. The minimum atomic E-state index is -0.433. The van der Waals surface area contributed by atoms with E-state index in [0.717, 1.165) is 0 Å². The number of H-pyrrole nitrogens is 2. The van der Waals surface area contributed by atoms with Crippen LogP contribution in [0.25, 0.3) is 16.8 Å². The number of imidazole rings is 1. The van der Waals surface area contributed by atoms with Crippen molar-refractivity contribution in [1.29, 1.82) is 0 Å². The summed E-state index contributed by atoms with van der Waals surface area (Å²) in [6.07, 6.45) is 4.91. The molecule has 10 heteroatoms. The Morgan fingerprint density at radius 1 is 1.33 bits per heavy atom. The van der Waals surface area contributed by atoms with Crippen LogP contribution in [0.4, 0.5) is 5.82 Å². The Labute approximate surface area is 134 Å². The molecule has 1 unspecified atom stereocenters. The molecule has 4 aromatic rings. The highest BCUT2D eigenvalue weighted by Gasteiger charge is 2.18. The molecule has 24 heavy (non-hydrogen) atoms. The third-order valence-corrected chi connectivity index (χ3v) is 3.69. The molecule has 0 bridgehead atoms. The van der Waals surface area contributed by atoms with Crippen LogP contribution < -0.4 is 11.0 Å². The van der Waals surface area contributed by atoms with E-state index in [0.29, 0.717) is 34.9 Å². The van der Waals surface area contributed by atoms with Crippen LogP contribution in [0, 0.1) is 0 Å². The van der Waals surface area contributed by atoms with Crippen LogP contribution in [-0.2, 0) is 0 Å². The van der Waals surface area contributed by atoms with E-state index in [4.69, 9.17) is 0 Å². The molecule has 0 aliphatic carbocycles. The molecule has 0 aliphatic rings. The summed E-state index contributed by atoms with van der Waals surface area (Å²) in [4.78, 5) is 34.7. The lowest BCUT2D eigenvalue weighted by Gasteiger charge is -2.17. The largest absolute Gasteiger partial charge is 0.396 e. The Bertz CT molecular complexity index is 1050. The van der Waals surface area contributed by atoms with E-state index in [-0.39, 0.29) is 12.3 Å². The highest BCUT2D eigenvalue weighted by molar-refractivity contribution is 5.82.